The van der Waals surface area contributed by atoms with Crippen molar-refractivity contribution in [3.8, 4) is 0 Å². The van der Waals surface area contributed by atoms with E-state index in [-0.39, 0.29) is 12.2 Å². The third-order valence-corrected chi connectivity index (χ3v) is 1.97. The molecule has 0 spiro atoms. The van der Waals surface area contributed by atoms with Crippen LogP contribution in [0.1, 0.15) is 22.8 Å². The van der Waals surface area contributed by atoms with Crippen molar-refractivity contribution < 1.29 is 15.0 Å². The first-order chi connectivity index (χ1) is 6.47. The number of aliphatic hydroxyl groups is 1. The van der Waals surface area contributed by atoms with Crippen LogP contribution in [0.25, 0.3) is 0 Å². The van der Waals surface area contributed by atoms with Gasteiger partial charge in [-0.25, -0.2) is 4.79 Å². The maximum absolute atomic E-state index is 10.6. The minimum Gasteiger partial charge on any atom is -0.478 e. The van der Waals surface area contributed by atoms with Crippen LogP contribution < -0.4 is 5.73 Å². The number of nitrogens with zero attached hydrogens (tertiary/aromatic N) is 1. The van der Waals surface area contributed by atoms with E-state index in [1.807, 2.05) is 0 Å². The number of hydrogen-bond donors (Lipinski definition) is 3. The first-order valence-electron chi connectivity index (χ1n) is 4.06. The number of carbonyl (C=O) groups is 1. The molecule has 0 amide bonds. The molecule has 0 radical (unpaired) electrons. The molecule has 0 aliphatic carbocycles. The van der Waals surface area contributed by atoms with Crippen LogP contribution in [-0.4, -0.2) is 27.8 Å². The third-order valence-electron chi connectivity index (χ3n) is 1.97. The van der Waals surface area contributed by atoms with E-state index < -0.39 is 11.5 Å². The molecule has 0 saturated carbocycles. The summed E-state index contributed by atoms with van der Waals surface area (Å²) in [6, 6.07) is 1.41. The molecule has 76 valence electrons. The Morgan fingerprint density at radius 3 is 2.79 bits per heavy atom. The number of aromatic carboxylic acids is 1. The highest BCUT2D eigenvalue weighted by Gasteiger charge is 2.21. The molecule has 1 aromatic rings. The summed E-state index contributed by atoms with van der Waals surface area (Å²) in [6.07, 6.45) is 2.68. The fourth-order valence-corrected chi connectivity index (χ4v) is 0.961. The molecule has 1 heterocycles. The Morgan fingerprint density at radius 2 is 2.29 bits per heavy atom. The molecule has 5 nitrogen and oxygen atoms in total. The number of aliphatic hydroxyl groups excluding tert-OH is 1. The summed E-state index contributed by atoms with van der Waals surface area (Å²) in [5, 5.41) is 17.7. The average molecular weight is 196 g/mol. The minimum absolute atomic E-state index is 0.0626. The normalized spacial score (nSPS) is 14.8. The van der Waals surface area contributed by atoms with Crippen LogP contribution in [0.2, 0.25) is 0 Å². The third kappa shape index (κ3) is 2.07. The van der Waals surface area contributed by atoms with Gasteiger partial charge in [0.05, 0.1) is 17.7 Å². The van der Waals surface area contributed by atoms with Gasteiger partial charge in [-0.15, -0.1) is 0 Å². The van der Waals surface area contributed by atoms with E-state index in [1.165, 1.54) is 18.5 Å². The number of hydrogen-bond acceptors (Lipinski definition) is 4. The zero-order valence-corrected chi connectivity index (χ0v) is 7.77. The lowest BCUT2D eigenvalue weighted by Crippen LogP contribution is -2.37. The number of rotatable bonds is 3. The molecule has 5 heteroatoms. The highest BCUT2D eigenvalue weighted by molar-refractivity contribution is 5.87. The van der Waals surface area contributed by atoms with Gasteiger partial charge in [0.15, 0.2) is 0 Å². The molecule has 0 unspecified atom stereocenters. The Morgan fingerprint density at radius 1 is 1.64 bits per heavy atom. The van der Waals surface area contributed by atoms with Crippen molar-refractivity contribution in [2.45, 2.75) is 12.5 Å². The number of nitrogens with two attached hydrogens (primary N) is 1. The van der Waals surface area contributed by atoms with E-state index >= 15 is 0 Å². The Hall–Kier alpha value is -1.46. The van der Waals surface area contributed by atoms with Gasteiger partial charge in [-0.3, -0.25) is 4.98 Å². The quantitative estimate of drug-likeness (QED) is 0.629. The topological polar surface area (TPSA) is 96.4 Å². The van der Waals surface area contributed by atoms with Crippen molar-refractivity contribution in [3.63, 3.8) is 0 Å². The second-order valence-electron chi connectivity index (χ2n) is 3.34. The second-order valence-corrected chi connectivity index (χ2v) is 3.34. The monoisotopic (exact) mass is 196 g/mol. The number of aromatic nitrogens is 1. The van der Waals surface area contributed by atoms with Crippen molar-refractivity contribution in [2.24, 2.45) is 5.73 Å². The van der Waals surface area contributed by atoms with Crippen molar-refractivity contribution in [3.05, 3.63) is 29.6 Å². The van der Waals surface area contributed by atoms with Crippen LogP contribution in [-0.2, 0) is 5.54 Å². The first kappa shape index (κ1) is 10.6. The van der Waals surface area contributed by atoms with Gasteiger partial charge in [-0.1, -0.05) is 0 Å². The first-order valence-corrected chi connectivity index (χ1v) is 4.06. The molecule has 14 heavy (non-hydrogen) atoms. The molecule has 0 aliphatic heterocycles. The van der Waals surface area contributed by atoms with Crippen molar-refractivity contribution in [1.29, 1.82) is 0 Å². The fraction of sp³-hybridized carbons (Fsp3) is 0.333. The van der Waals surface area contributed by atoms with Gasteiger partial charge in [0.2, 0.25) is 0 Å². The predicted molar refractivity (Wildman–Crippen MR) is 49.8 cm³/mol. The maximum atomic E-state index is 10.6. The molecule has 1 atom stereocenters. The largest absolute Gasteiger partial charge is 0.478 e. The minimum atomic E-state index is -1.06. The number of carboxylic acids is 1. The Balaban J connectivity index is 3.12. The summed E-state index contributed by atoms with van der Waals surface area (Å²) >= 11 is 0. The van der Waals surface area contributed by atoms with Gasteiger partial charge in [-0.2, -0.15) is 0 Å². The van der Waals surface area contributed by atoms with Crippen LogP contribution >= 0.6 is 0 Å². The lowest BCUT2D eigenvalue weighted by atomic mass is 9.95. The summed E-state index contributed by atoms with van der Waals surface area (Å²) in [4.78, 5) is 14.4. The van der Waals surface area contributed by atoms with Crippen LogP contribution in [0.3, 0.4) is 0 Å². The van der Waals surface area contributed by atoms with Gasteiger partial charge < -0.3 is 15.9 Å². The van der Waals surface area contributed by atoms with Gasteiger partial charge >= 0.3 is 5.97 Å². The molecule has 0 fully saturated rings. The predicted octanol–water partition coefficient (Wildman–Crippen LogP) is -0.0540. The summed E-state index contributed by atoms with van der Waals surface area (Å²) in [5.74, 6) is -1.06. The van der Waals surface area contributed by atoms with Crippen molar-refractivity contribution >= 4 is 5.97 Å². The van der Waals surface area contributed by atoms with E-state index in [0.717, 1.165) is 0 Å². The van der Waals surface area contributed by atoms with Gasteiger partial charge in [0.1, 0.15) is 0 Å². The molecule has 1 aromatic heterocycles. The average Bonchev–Trinajstić information content (AvgIpc) is 2.18. The molecule has 0 aromatic carbocycles. The smallest absolute Gasteiger partial charge is 0.337 e. The van der Waals surface area contributed by atoms with E-state index in [1.54, 1.807) is 6.92 Å². The number of carboxylic acid groups (broad SMARTS) is 1. The highest BCUT2D eigenvalue weighted by atomic mass is 16.4. The molecule has 4 N–H and O–H groups in total. The Bertz CT molecular complexity index is 350. The summed E-state index contributed by atoms with van der Waals surface area (Å²) in [7, 11) is 0. The molecular formula is C9H12N2O3. The SMILES string of the molecule is C[C@@](N)(CO)c1cncc(C(=O)O)c1. The van der Waals surface area contributed by atoms with Gasteiger partial charge in [0.25, 0.3) is 0 Å². The van der Waals surface area contributed by atoms with E-state index in [2.05, 4.69) is 4.98 Å². The zero-order chi connectivity index (χ0) is 10.8. The van der Waals surface area contributed by atoms with Crippen LogP contribution in [0, 0.1) is 0 Å². The highest BCUT2D eigenvalue weighted by Crippen LogP contribution is 2.16. The van der Waals surface area contributed by atoms with Crippen LogP contribution in [0.4, 0.5) is 0 Å². The second kappa shape index (κ2) is 3.73. The maximum Gasteiger partial charge on any atom is 0.337 e. The summed E-state index contributed by atoms with van der Waals surface area (Å²) in [5.41, 5.74) is 5.33. The van der Waals surface area contributed by atoms with Gasteiger partial charge in [0, 0.05) is 12.4 Å². The lowest BCUT2D eigenvalue weighted by molar-refractivity contribution is 0.0696. The van der Waals surface area contributed by atoms with Crippen molar-refractivity contribution in [1.82, 2.24) is 4.98 Å². The Kier molecular flexibility index (Phi) is 2.83. The lowest BCUT2D eigenvalue weighted by Gasteiger charge is -2.21. The van der Waals surface area contributed by atoms with E-state index in [4.69, 9.17) is 15.9 Å². The van der Waals surface area contributed by atoms with Crippen LogP contribution in [0.5, 0.6) is 0 Å². The molecule has 1 rings (SSSR count). The fourth-order valence-electron chi connectivity index (χ4n) is 0.961. The molecule has 0 saturated heterocycles. The standard InChI is InChI=1S/C9H12N2O3/c1-9(10,5-12)7-2-6(8(13)14)3-11-4-7/h2-4,12H,5,10H2,1H3,(H,13,14)/t9-/m1/s1. The van der Waals surface area contributed by atoms with Crippen molar-refractivity contribution in [2.75, 3.05) is 6.61 Å². The van der Waals surface area contributed by atoms with E-state index in [9.17, 15) is 4.79 Å². The molecule has 0 aliphatic rings. The Labute approximate surface area is 81.2 Å². The summed E-state index contributed by atoms with van der Waals surface area (Å²) < 4.78 is 0. The zero-order valence-electron chi connectivity index (χ0n) is 7.77. The molecular weight excluding hydrogens is 184 g/mol. The molecule has 0 bridgehead atoms. The van der Waals surface area contributed by atoms with Crippen LogP contribution in [0.15, 0.2) is 18.5 Å². The van der Waals surface area contributed by atoms with E-state index in [0.29, 0.717) is 5.56 Å². The van der Waals surface area contributed by atoms with Gasteiger partial charge in [-0.05, 0) is 18.6 Å². The number of pyridine rings is 1. The summed E-state index contributed by atoms with van der Waals surface area (Å²) in [6.45, 7) is 1.34.